The number of rotatable bonds is 4. The van der Waals surface area contributed by atoms with Crippen LogP contribution in [0.4, 0.5) is 13.2 Å². The van der Waals surface area contributed by atoms with Crippen LogP contribution in [0, 0.1) is 0 Å². The number of aromatic amines is 1. The molecule has 5 nitrogen and oxygen atoms in total. The van der Waals surface area contributed by atoms with Gasteiger partial charge in [0.25, 0.3) is 11.5 Å². The molecule has 158 valence electrons. The van der Waals surface area contributed by atoms with Crippen molar-refractivity contribution in [3.05, 3.63) is 100.0 Å². The molecular formula is C23H18F3N3O2. The number of benzene rings is 2. The van der Waals surface area contributed by atoms with Crippen LogP contribution in [0.25, 0.3) is 16.7 Å². The van der Waals surface area contributed by atoms with Crippen LogP contribution in [0.1, 0.15) is 34.6 Å². The van der Waals surface area contributed by atoms with E-state index in [2.05, 4.69) is 10.3 Å². The summed E-state index contributed by atoms with van der Waals surface area (Å²) in [6.07, 6.45) is -4.47. The Morgan fingerprint density at radius 1 is 1.00 bits per heavy atom. The number of H-pyrrole nitrogens is 1. The Balaban J connectivity index is 1.68. The predicted molar refractivity (Wildman–Crippen MR) is 111 cm³/mol. The van der Waals surface area contributed by atoms with Gasteiger partial charge < -0.3 is 10.3 Å². The molecule has 2 heterocycles. The molecule has 0 fully saturated rings. The van der Waals surface area contributed by atoms with Crippen LogP contribution in [0.5, 0.6) is 0 Å². The van der Waals surface area contributed by atoms with Crippen LogP contribution in [-0.4, -0.2) is 15.5 Å². The lowest BCUT2D eigenvalue weighted by molar-refractivity contribution is -0.137. The van der Waals surface area contributed by atoms with E-state index in [9.17, 15) is 22.8 Å². The molecule has 8 heteroatoms. The molecule has 0 bridgehead atoms. The molecular weight excluding hydrogens is 407 g/mol. The first-order chi connectivity index (χ1) is 14.7. The minimum absolute atomic E-state index is 0.239. The monoisotopic (exact) mass is 425 g/mol. The lowest BCUT2D eigenvalue weighted by atomic mass is 10.1. The summed E-state index contributed by atoms with van der Waals surface area (Å²) < 4.78 is 39.8. The zero-order valence-electron chi connectivity index (χ0n) is 16.4. The standard InChI is InChI=1S/C23H18F3N3O2/c1-14(15-5-3-2-4-6-15)27-22(31)19-13-16-7-12-20(30)29(21(16)28-19)18-10-8-17(9-11-18)23(24,25)26/h2-14,28H,1H3,(H,27,31). The van der Waals surface area contributed by atoms with Crippen LogP contribution in [-0.2, 0) is 6.18 Å². The first-order valence-corrected chi connectivity index (χ1v) is 9.52. The van der Waals surface area contributed by atoms with Gasteiger partial charge in [-0.2, -0.15) is 13.2 Å². The highest BCUT2D eigenvalue weighted by atomic mass is 19.4. The number of aromatic nitrogens is 2. The van der Waals surface area contributed by atoms with Gasteiger partial charge in [0, 0.05) is 11.5 Å². The van der Waals surface area contributed by atoms with Gasteiger partial charge in [-0.05, 0) is 48.9 Å². The van der Waals surface area contributed by atoms with Crippen molar-refractivity contribution in [2.45, 2.75) is 19.1 Å². The second kappa shape index (κ2) is 7.79. The maximum atomic E-state index is 12.9. The molecule has 0 aliphatic heterocycles. The van der Waals surface area contributed by atoms with Crippen LogP contribution >= 0.6 is 0 Å². The largest absolute Gasteiger partial charge is 0.416 e. The van der Waals surface area contributed by atoms with E-state index >= 15 is 0 Å². The highest BCUT2D eigenvalue weighted by Crippen LogP contribution is 2.30. The second-order valence-corrected chi connectivity index (χ2v) is 7.14. The van der Waals surface area contributed by atoms with Gasteiger partial charge in [-0.25, -0.2) is 0 Å². The van der Waals surface area contributed by atoms with E-state index in [1.165, 1.54) is 22.8 Å². The summed E-state index contributed by atoms with van der Waals surface area (Å²) >= 11 is 0. The molecule has 2 aromatic carbocycles. The second-order valence-electron chi connectivity index (χ2n) is 7.14. The molecule has 1 atom stereocenters. The Kier molecular flexibility index (Phi) is 5.14. The molecule has 2 N–H and O–H groups in total. The summed E-state index contributed by atoms with van der Waals surface area (Å²) in [6, 6.07) is 18.0. The number of hydrogen-bond acceptors (Lipinski definition) is 2. The van der Waals surface area contributed by atoms with Crippen LogP contribution in [0.15, 0.2) is 77.6 Å². The molecule has 31 heavy (non-hydrogen) atoms. The predicted octanol–water partition coefficient (Wildman–Crippen LogP) is 4.83. The number of carbonyl (C=O) groups excluding carboxylic acids is 1. The van der Waals surface area contributed by atoms with Gasteiger partial charge in [-0.1, -0.05) is 30.3 Å². The van der Waals surface area contributed by atoms with Crippen molar-refractivity contribution < 1.29 is 18.0 Å². The van der Waals surface area contributed by atoms with Crippen molar-refractivity contribution in [1.29, 1.82) is 0 Å². The van der Waals surface area contributed by atoms with Crippen LogP contribution in [0.3, 0.4) is 0 Å². The number of hydrogen-bond donors (Lipinski definition) is 2. The number of fused-ring (bicyclic) bond motifs is 1. The van der Waals surface area contributed by atoms with Gasteiger partial charge in [0.2, 0.25) is 0 Å². The lowest BCUT2D eigenvalue weighted by Crippen LogP contribution is -2.27. The van der Waals surface area contributed by atoms with E-state index in [1.807, 2.05) is 37.3 Å². The topological polar surface area (TPSA) is 66.9 Å². The average molecular weight is 425 g/mol. The number of carbonyl (C=O) groups is 1. The van der Waals surface area contributed by atoms with Gasteiger partial charge in [0.1, 0.15) is 11.3 Å². The maximum absolute atomic E-state index is 12.9. The van der Waals surface area contributed by atoms with E-state index in [-0.39, 0.29) is 23.3 Å². The molecule has 4 aromatic rings. The summed E-state index contributed by atoms with van der Waals surface area (Å²) in [6.45, 7) is 1.86. The summed E-state index contributed by atoms with van der Waals surface area (Å²) in [5, 5.41) is 3.47. The number of amides is 1. The fourth-order valence-corrected chi connectivity index (χ4v) is 3.40. The summed E-state index contributed by atoms with van der Waals surface area (Å²) in [7, 11) is 0. The highest BCUT2D eigenvalue weighted by Gasteiger charge is 2.30. The van der Waals surface area contributed by atoms with Gasteiger partial charge in [-0.3, -0.25) is 14.2 Å². The van der Waals surface area contributed by atoms with Crippen LogP contribution in [0.2, 0.25) is 0 Å². The van der Waals surface area contributed by atoms with E-state index < -0.39 is 17.3 Å². The Hall–Kier alpha value is -3.81. The molecule has 0 aliphatic carbocycles. The van der Waals surface area contributed by atoms with E-state index in [0.717, 1.165) is 17.7 Å². The number of halogens is 3. The fourth-order valence-electron chi connectivity index (χ4n) is 3.40. The molecule has 0 saturated carbocycles. The summed E-state index contributed by atoms with van der Waals surface area (Å²) in [5.41, 5.74) is 0.522. The SMILES string of the molecule is CC(NC(=O)c1cc2ccc(=O)n(-c3ccc(C(F)(F)F)cc3)c2[nH]1)c1ccccc1. The van der Waals surface area contributed by atoms with Gasteiger partial charge in [0.15, 0.2) is 0 Å². The average Bonchev–Trinajstić information content (AvgIpc) is 3.18. The Bertz CT molecular complexity index is 1290. The zero-order chi connectivity index (χ0) is 22.2. The minimum atomic E-state index is -4.47. The Morgan fingerprint density at radius 2 is 1.68 bits per heavy atom. The quantitative estimate of drug-likeness (QED) is 0.492. The minimum Gasteiger partial charge on any atom is -0.344 e. The smallest absolute Gasteiger partial charge is 0.344 e. The molecule has 2 aromatic heterocycles. The van der Waals surface area contributed by atoms with Crippen molar-refractivity contribution in [3.8, 4) is 5.69 Å². The number of nitrogens with zero attached hydrogens (tertiary/aromatic N) is 1. The lowest BCUT2D eigenvalue weighted by Gasteiger charge is -2.13. The molecule has 4 rings (SSSR count). The number of pyridine rings is 1. The van der Waals surface area contributed by atoms with Crippen molar-refractivity contribution in [3.63, 3.8) is 0 Å². The zero-order valence-corrected chi connectivity index (χ0v) is 16.4. The van der Waals surface area contributed by atoms with Gasteiger partial charge >= 0.3 is 6.18 Å². The third-order valence-corrected chi connectivity index (χ3v) is 5.02. The number of alkyl halides is 3. The molecule has 0 aliphatic rings. The maximum Gasteiger partial charge on any atom is 0.416 e. The molecule has 1 amide bonds. The Labute approximate surface area is 175 Å². The molecule has 0 radical (unpaired) electrons. The van der Waals surface area contributed by atoms with E-state index in [0.29, 0.717) is 11.0 Å². The third kappa shape index (κ3) is 4.09. The third-order valence-electron chi connectivity index (χ3n) is 5.02. The van der Waals surface area contributed by atoms with E-state index in [1.54, 1.807) is 12.1 Å². The van der Waals surface area contributed by atoms with E-state index in [4.69, 9.17) is 0 Å². The van der Waals surface area contributed by atoms with Gasteiger partial charge in [0.05, 0.1) is 17.3 Å². The first kappa shape index (κ1) is 20.5. The summed E-state index contributed by atoms with van der Waals surface area (Å²) in [4.78, 5) is 28.1. The van der Waals surface area contributed by atoms with Gasteiger partial charge in [-0.15, -0.1) is 0 Å². The molecule has 0 spiro atoms. The van der Waals surface area contributed by atoms with Crippen molar-refractivity contribution in [1.82, 2.24) is 14.9 Å². The highest BCUT2D eigenvalue weighted by molar-refractivity contribution is 5.97. The molecule has 1 unspecified atom stereocenters. The van der Waals surface area contributed by atoms with Crippen molar-refractivity contribution >= 4 is 16.9 Å². The van der Waals surface area contributed by atoms with Crippen molar-refractivity contribution in [2.75, 3.05) is 0 Å². The summed E-state index contributed by atoms with van der Waals surface area (Å²) in [5.74, 6) is -0.362. The Morgan fingerprint density at radius 3 is 2.32 bits per heavy atom. The number of nitrogens with one attached hydrogen (secondary N) is 2. The first-order valence-electron chi connectivity index (χ1n) is 9.52. The van der Waals surface area contributed by atoms with Crippen molar-refractivity contribution in [2.24, 2.45) is 0 Å². The normalized spacial score (nSPS) is 12.6. The fraction of sp³-hybridized carbons (Fsp3) is 0.130. The molecule has 0 saturated heterocycles. The van der Waals surface area contributed by atoms with Crippen LogP contribution < -0.4 is 10.9 Å².